The highest BCUT2D eigenvalue weighted by Crippen LogP contribution is 2.22. The predicted molar refractivity (Wildman–Crippen MR) is 93.8 cm³/mol. The highest BCUT2D eigenvalue weighted by Gasteiger charge is 2.14. The SMILES string of the molecule is CCNC(=NCc1cc(C(CC)CC)no1)NCC(C)C(=O)OC. The maximum absolute atomic E-state index is 11.4. The van der Waals surface area contributed by atoms with E-state index >= 15 is 0 Å². The first kappa shape index (κ1) is 20.0. The molecule has 0 fully saturated rings. The van der Waals surface area contributed by atoms with E-state index in [1.54, 1.807) is 6.92 Å². The first-order valence-corrected chi connectivity index (χ1v) is 8.61. The van der Waals surface area contributed by atoms with Crippen molar-refractivity contribution < 1.29 is 14.1 Å². The van der Waals surface area contributed by atoms with Gasteiger partial charge >= 0.3 is 5.97 Å². The number of ether oxygens (including phenoxy) is 1. The molecular weight excluding hydrogens is 308 g/mol. The monoisotopic (exact) mass is 338 g/mol. The molecule has 0 amide bonds. The number of carbonyl (C=O) groups is 1. The molecule has 0 saturated carbocycles. The van der Waals surface area contributed by atoms with Gasteiger partial charge < -0.3 is 19.9 Å². The van der Waals surface area contributed by atoms with Crippen LogP contribution in [-0.2, 0) is 16.1 Å². The minimum atomic E-state index is -0.247. The number of aliphatic imine (C=N–C) groups is 1. The Bertz CT molecular complexity index is 524. The Labute approximate surface area is 144 Å². The van der Waals surface area contributed by atoms with Crippen molar-refractivity contribution in [2.45, 2.75) is 53.0 Å². The number of esters is 1. The Morgan fingerprint density at radius 3 is 2.62 bits per heavy atom. The van der Waals surface area contributed by atoms with Gasteiger partial charge in [0.1, 0.15) is 6.54 Å². The fourth-order valence-electron chi connectivity index (χ4n) is 2.34. The van der Waals surface area contributed by atoms with Gasteiger partial charge in [0.25, 0.3) is 0 Å². The molecule has 24 heavy (non-hydrogen) atoms. The quantitative estimate of drug-likeness (QED) is 0.408. The van der Waals surface area contributed by atoms with Crippen LogP contribution in [0.4, 0.5) is 0 Å². The summed E-state index contributed by atoms with van der Waals surface area (Å²) in [4.78, 5) is 15.9. The van der Waals surface area contributed by atoms with E-state index in [1.165, 1.54) is 7.11 Å². The van der Waals surface area contributed by atoms with E-state index in [-0.39, 0.29) is 11.9 Å². The highest BCUT2D eigenvalue weighted by molar-refractivity contribution is 5.80. The summed E-state index contributed by atoms with van der Waals surface area (Å²) >= 11 is 0. The molecule has 0 spiro atoms. The molecule has 0 aliphatic carbocycles. The number of nitrogens with zero attached hydrogens (tertiary/aromatic N) is 2. The summed E-state index contributed by atoms with van der Waals surface area (Å²) in [6, 6.07) is 1.97. The van der Waals surface area contributed by atoms with E-state index in [0.29, 0.717) is 25.0 Å². The second-order valence-corrected chi connectivity index (χ2v) is 5.73. The zero-order valence-electron chi connectivity index (χ0n) is 15.4. The van der Waals surface area contributed by atoms with Crippen molar-refractivity contribution in [3.05, 3.63) is 17.5 Å². The van der Waals surface area contributed by atoms with Crippen molar-refractivity contribution in [2.75, 3.05) is 20.2 Å². The summed E-state index contributed by atoms with van der Waals surface area (Å²) in [6.07, 6.45) is 2.09. The molecule has 1 aromatic rings. The van der Waals surface area contributed by atoms with E-state index in [0.717, 1.165) is 30.8 Å². The van der Waals surface area contributed by atoms with Gasteiger partial charge in [-0.3, -0.25) is 4.79 Å². The van der Waals surface area contributed by atoms with Crippen LogP contribution in [0.25, 0.3) is 0 Å². The van der Waals surface area contributed by atoms with Crippen LogP contribution < -0.4 is 10.6 Å². The number of guanidine groups is 1. The number of methoxy groups -OCH3 is 1. The molecule has 2 N–H and O–H groups in total. The third-order valence-corrected chi connectivity index (χ3v) is 3.90. The highest BCUT2D eigenvalue weighted by atomic mass is 16.5. The number of carbonyl (C=O) groups excluding carboxylic acids is 1. The lowest BCUT2D eigenvalue weighted by atomic mass is 9.99. The van der Waals surface area contributed by atoms with Crippen LogP contribution in [0, 0.1) is 5.92 Å². The Kier molecular flexibility index (Phi) is 8.89. The Hall–Kier alpha value is -2.05. The van der Waals surface area contributed by atoms with Crippen LogP contribution in [-0.4, -0.2) is 37.3 Å². The van der Waals surface area contributed by atoms with Crippen LogP contribution in [0.2, 0.25) is 0 Å². The fraction of sp³-hybridized carbons (Fsp3) is 0.706. The van der Waals surface area contributed by atoms with Crippen molar-refractivity contribution in [2.24, 2.45) is 10.9 Å². The zero-order chi connectivity index (χ0) is 17.9. The molecule has 0 bridgehead atoms. The van der Waals surface area contributed by atoms with Crippen LogP contribution >= 0.6 is 0 Å². The second-order valence-electron chi connectivity index (χ2n) is 5.73. The van der Waals surface area contributed by atoms with Crippen LogP contribution in [0.15, 0.2) is 15.6 Å². The number of nitrogens with one attached hydrogen (secondary N) is 2. The van der Waals surface area contributed by atoms with Crippen molar-refractivity contribution in [1.82, 2.24) is 15.8 Å². The lowest BCUT2D eigenvalue weighted by Crippen LogP contribution is -2.40. The molecule has 0 aliphatic heterocycles. The summed E-state index contributed by atoms with van der Waals surface area (Å²) in [5.74, 6) is 1.30. The van der Waals surface area contributed by atoms with Crippen molar-refractivity contribution >= 4 is 11.9 Å². The summed E-state index contributed by atoms with van der Waals surface area (Å²) in [7, 11) is 1.39. The Morgan fingerprint density at radius 1 is 1.33 bits per heavy atom. The fourth-order valence-corrected chi connectivity index (χ4v) is 2.34. The molecular formula is C17H30N4O3. The normalized spacial score (nSPS) is 13.0. The van der Waals surface area contributed by atoms with Crippen molar-refractivity contribution in [3.8, 4) is 0 Å². The summed E-state index contributed by atoms with van der Waals surface area (Å²) in [5, 5.41) is 10.4. The molecule has 7 nitrogen and oxygen atoms in total. The number of hydrogen-bond donors (Lipinski definition) is 2. The molecule has 1 atom stereocenters. The third-order valence-electron chi connectivity index (χ3n) is 3.90. The van der Waals surface area contributed by atoms with Crippen LogP contribution in [0.5, 0.6) is 0 Å². The molecule has 1 unspecified atom stereocenters. The van der Waals surface area contributed by atoms with E-state index in [1.807, 2.05) is 13.0 Å². The van der Waals surface area contributed by atoms with Gasteiger partial charge in [0, 0.05) is 25.1 Å². The first-order valence-electron chi connectivity index (χ1n) is 8.61. The summed E-state index contributed by atoms with van der Waals surface area (Å²) in [5.41, 5.74) is 0.988. The van der Waals surface area contributed by atoms with Crippen LogP contribution in [0.1, 0.15) is 57.9 Å². The minimum Gasteiger partial charge on any atom is -0.469 e. The van der Waals surface area contributed by atoms with Gasteiger partial charge in [-0.05, 0) is 19.8 Å². The van der Waals surface area contributed by atoms with Gasteiger partial charge in [0.2, 0.25) is 0 Å². The maximum Gasteiger partial charge on any atom is 0.310 e. The first-order chi connectivity index (χ1) is 11.5. The van der Waals surface area contributed by atoms with Gasteiger partial charge in [0.05, 0.1) is 18.7 Å². The van der Waals surface area contributed by atoms with Gasteiger partial charge in [-0.15, -0.1) is 0 Å². The molecule has 0 radical (unpaired) electrons. The average Bonchev–Trinajstić information content (AvgIpc) is 3.06. The van der Waals surface area contributed by atoms with E-state index < -0.39 is 0 Å². The lowest BCUT2D eigenvalue weighted by molar-refractivity contribution is -0.144. The van der Waals surface area contributed by atoms with Gasteiger partial charge in [-0.25, -0.2) is 4.99 Å². The predicted octanol–water partition coefficient (Wildman–Crippen LogP) is 2.44. The molecule has 0 aromatic carbocycles. The largest absolute Gasteiger partial charge is 0.469 e. The van der Waals surface area contributed by atoms with Crippen LogP contribution in [0.3, 0.4) is 0 Å². The maximum atomic E-state index is 11.4. The minimum absolute atomic E-state index is 0.245. The molecule has 1 rings (SSSR count). The molecule has 1 aromatic heterocycles. The summed E-state index contributed by atoms with van der Waals surface area (Å²) in [6.45, 7) is 9.67. The number of hydrogen-bond acceptors (Lipinski definition) is 5. The lowest BCUT2D eigenvalue weighted by Gasteiger charge is -2.14. The van der Waals surface area contributed by atoms with Gasteiger partial charge in [-0.1, -0.05) is 25.9 Å². The molecule has 0 saturated heterocycles. The standard InChI is InChI=1S/C17H30N4O3/c1-6-13(7-2)15-9-14(24-21-15)11-20-17(18-8-3)19-10-12(4)16(22)23-5/h9,12-13H,6-8,10-11H2,1-5H3,(H2,18,19,20). The van der Waals surface area contributed by atoms with E-state index in [9.17, 15) is 4.79 Å². The molecule has 7 heteroatoms. The Balaban J connectivity index is 2.64. The number of rotatable bonds is 9. The number of aromatic nitrogens is 1. The Morgan fingerprint density at radius 2 is 2.04 bits per heavy atom. The second kappa shape index (κ2) is 10.7. The zero-order valence-corrected chi connectivity index (χ0v) is 15.4. The molecule has 136 valence electrons. The van der Waals surface area contributed by atoms with Crippen molar-refractivity contribution in [1.29, 1.82) is 0 Å². The third kappa shape index (κ3) is 6.22. The van der Waals surface area contributed by atoms with Crippen molar-refractivity contribution in [3.63, 3.8) is 0 Å². The van der Waals surface area contributed by atoms with E-state index in [4.69, 9.17) is 9.26 Å². The molecule has 1 heterocycles. The average molecular weight is 338 g/mol. The van der Waals surface area contributed by atoms with E-state index in [2.05, 4.69) is 34.6 Å². The molecule has 0 aliphatic rings. The smallest absolute Gasteiger partial charge is 0.310 e. The summed E-state index contributed by atoms with van der Waals surface area (Å²) < 4.78 is 10.1. The van der Waals surface area contributed by atoms with Gasteiger partial charge in [0.15, 0.2) is 11.7 Å². The topological polar surface area (TPSA) is 88.8 Å². The van der Waals surface area contributed by atoms with Gasteiger partial charge in [-0.2, -0.15) is 0 Å².